The average Bonchev–Trinajstić information content (AvgIpc) is 3.24. The molecule has 15 heteroatoms. The lowest BCUT2D eigenvalue weighted by Crippen LogP contribution is -2.30. The quantitative estimate of drug-likeness (QED) is 0.511. The fourth-order valence-electron chi connectivity index (χ4n) is 3.57. The Kier molecular flexibility index (Phi) is 5.13. The van der Waals surface area contributed by atoms with Gasteiger partial charge in [-0.05, 0) is 12.3 Å². The lowest BCUT2D eigenvalue weighted by molar-refractivity contribution is -0.117. The molecule has 168 valence electrons. The van der Waals surface area contributed by atoms with Crippen LogP contribution in [0.15, 0.2) is 12.3 Å². The van der Waals surface area contributed by atoms with Gasteiger partial charge in [0.1, 0.15) is 29.3 Å². The highest BCUT2D eigenvalue weighted by atomic mass is 32.2. The van der Waals surface area contributed by atoms with Crippen LogP contribution >= 0.6 is 0 Å². The molecule has 0 bridgehead atoms. The fraction of sp³-hybridized carbons (Fsp3) is 0.438. The van der Waals surface area contributed by atoms with Gasteiger partial charge in [0, 0.05) is 25.7 Å². The van der Waals surface area contributed by atoms with Crippen LogP contribution in [-0.4, -0.2) is 74.6 Å². The van der Waals surface area contributed by atoms with Crippen molar-refractivity contribution in [2.75, 3.05) is 42.1 Å². The number of amides is 1. The van der Waals surface area contributed by atoms with Crippen LogP contribution in [0.2, 0.25) is 0 Å². The van der Waals surface area contributed by atoms with E-state index in [9.17, 15) is 26.7 Å². The molecule has 2 aliphatic heterocycles. The second-order valence-electron chi connectivity index (χ2n) is 7.37. The topological polar surface area (TPSA) is 162 Å². The van der Waals surface area contributed by atoms with Crippen molar-refractivity contribution in [3.05, 3.63) is 18.1 Å². The third-order valence-corrected chi connectivity index (χ3v) is 7.74. The number of phenolic OH excluding ortho intramolecular Hbond substituents is 1. The second-order valence-corrected chi connectivity index (χ2v) is 11.0. The SMILES string of the molecule is CS(=O)(=O)N1CCC(CNc2cnc3cc(O)c(N4CC(=O)NS4(=O)=O)c(F)c3n2)C1. The Labute approximate surface area is 177 Å². The van der Waals surface area contributed by atoms with Crippen molar-refractivity contribution >= 4 is 48.7 Å². The van der Waals surface area contributed by atoms with Crippen LogP contribution in [0, 0.1) is 11.7 Å². The minimum absolute atomic E-state index is 0.00991. The Morgan fingerprint density at radius 2 is 2.16 bits per heavy atom. The first-order valence-corrected chi connectivity index (χ1v) is 12.4. The van der Waals surface area contributed by atoms with Gasteiger partial charge >= 0.3 is 10.2 Å². The van der Waals surface area contributed by atoms with E-state index in [1.165, 1.54) is 10.5 Å². The highest BCUT2D eigenvalue weighted by Gasteiger charge is 2.38. The summed E-state index contributed by atoms with van der Waals surface area (Å²) < 4.78 is 66.0. The van der Waals surface area contributed by atoms with Crippen molar-refractivity contribution in [1.29, 1.82) is 0 Å². The van der Waals surface area contributed by atoms with E-state index >= 15 is 4.39 Å². The molecule has 2 aliphatic rings. The van der Waals surface area contributed by atoms with Gasteiger partial charge in [-0.15, -0.1) is 0 Å². The number of halogens is 1. The smallest absolute Gasteiger partial charge is 0.326 e. The molecular formula is C16H19FN6O6S2. The Bertz CT molecular complexity index is 1290. The van der Waals surface area contributed by atoms with Gasteiger partial charge in [0.25, 0.3) is 5.91 Å². The molecule has 4 rings (SSSR count). The fourth-order valence-corrected chi connectivity index (χ4v) is 5.65. The molecule has 2 fully saturated rings. The number of aromatic nitrogens is 2. The predicted octanol–water partition coefficient (Wildman–Crippen LogP) is -0.651. The number of rotatable bonds is 5. The van der Waals surface area contributed by atoms with E-state index in [1.54, 1.807) is 4.72 Å². The largest absolute Gasteiger partial charge is 0.506 e. The maximum Gasteiger partial charge on any atom is 0.326 e. The van der Waals surface area contributed by atoms with E-state index in [0.717, 1.165) is 12.3 Å². The summed E-state index contributed by atoms with van der Waals surface area (Å²) in [6.07, 6.45) is 3.13. The first-order chi connectivity index (χ1) is 14.5. The van der Waals surface area contributed by atoms with E-state index in [4.69, 9.17) is 0 Å². The molecular weight excluding hydrogens is 455 g/mol. The third-order valence-electron chi connectivity index (χ3n) is 5.09. The predicted molar refractivity (Wildman–Crippen MR) is 109 cm³/mol. The molecule has 0 spiro atoms. The van der Waals surface area contributed by atoms with Crippen molar-refractivity contribution in [3.63, 3.8) is 0 Å². The molecule has 1 atom stereocenters. The number of nitrogens with one attached hydrogen (secondary N) is 2. The molecule has 3 N–H and O–H groups in total. The first-order valence-electron chi connectivity index (χ1n) is 9.16. The number of carbonyl (C=O) groups is 1. The zero-order chi connectivity index (χ0) is 22.6. The summed E-state index contributed by atoms with van der Waals surface area (Å²) in [7, 11) is -7.60. The van der Waals surface area contributed by atoms with Crippen LogP contribution < -0.4 is 14.3 Å². The number of anilines is 2. The van der Waals surface area contributed by atoms with E-state index in [0.29, 0.717) is 30.4 Å². The molecule has 2 aromatic rings. The standard InChI is InChI=1S/C16H19FN6O6S2/c1-30(26,27)22-3-2-9(7-22)5-19-12-6-18-10-4-11(24)16(14(17)15(10)20-12)23-8-13(25)21-31(23,28)29/h4,6,9,24H,2-3,5,7-8H2,1H3,(H,19,20)(H,21,25). The van der Waals surface area contributed by atoms with E-state index < -0.39 is 49.9 Å². The average molecular weight is 474 g/mol. The van der Waals surface area contributed by atoms with Crippen LogP contribution in [0.4, 0.5) is 15.9 Å². The second kappa shape index (κ2) is 7.42. The van der Waals surface area contributed by atoms with Gasteiger partial charge in [-0.1, -0.05) is 0 Å². The van der Waals surface area contributed by atoms with Crippen molar-refractivity contribution in [2.45, 2.75) is 6.42 Å². The molecule has 1 aromatic carbocycles. The Balaban J connectivity index is 1.60. The molecule has 1 amide bonds. The van der Waals surface area contributed by atoms with Crippen LogP contribution in [0.5, 0.6) is 5.75 Å². The summed E-state index contributed by atoms with van der Waals surface area (Å²) in [6.45, 7) is 0.468. The zero-order valence-electron chi connectivity index (χ0n) is 16.2. The number of nitrogens with zero attached hydrogens (tertiary/aromatic N) is 4. The molecule has 0 saturated carbocycles. The van der Waals surface area contributed by atoms with E-state index in [-0.39, 0.29) is 22.8 Å². The number of hydrogen-bond acceptors (Lipinski definition) is 9. The molecule has 31 heavy (non-hydrogen) atoms. The number of fused-ring (bicyclic) bond motifs is 1. The number of phenols is 1. The number of hydrogen-bond donors (Lipinski definition) is 3. The maximum absolute atomic E-state index is 15.1. The van der Waals surface area contributed by atoms with Gasteiger partial charge in [0.15, 0.2) is 5.82 Å². The van der Waals surface area contributed by atoms with Crippen LogP contribution in [-0.2, 0) is 25.0 Å². The maximum atomic E-state index is 15.1. The van der Waals surface area contributed by atoms with Gasteiger partial charge in [-0.2, -0.15) is 8.42 Å². The van der Waals surface area contributed by atoms with Gasteiger partial charge in [-0.25, -0.2) is 31.1 Å². The van der Waals surface area contributed by atoms with E-state index in [1.807, 2.05) is 0 Å². The summed E-state index contributed by atoms with van der Waals surface area (Å²) in [5.74, 6) is -2.49. The zero-order valence-corrected chi connectivity index (χ0v) is 17.9. The lowest BCUT2D eigenvalue weighted by atomic mass is 10.1. The molecule has 3 heterocycles. The number of carbonyl (C=O) groups excluding carboxylic acids is 1. The van der Waals surface area contributed by atoms with E-state index in [2.05, 4.69) is 15.3 Å². The molecule has 1 aromatic heterocycles. The van der Waals surface area contributed by atoms with Gasteiger partial charge < -0.3 is 10.4 Å². The van der Waals surface area contributed by atoms with Crippen molar-refractivity contribution < 1.29 is 31.1 Å². The van der Waals surface area contributed by atoms with Crippen molar-refractivity contribution in [3.8, 4) is 5.75 Å². The molecule has 1 unspecified atom stereocenters. The Hall–Kier alpha value is -2.78. The van der Waals surface area contributed by atoms with Crippen molar-refractivity contribution in [2.24, 2.45) is 5.92 Å². The van der Waals surface area contributed by atoms with Gasteiger partial charge in [-0.3, -0.25) is 9.78 Å². The molecule has 2 saturated heterocycles. The third kappa shape index (κ3) is 4.07. The Morgan fingerprint density at radius 1 is 1.42 bits per heavy atom. The molecule has 0 radical (unpaired) electrons. The molecule has 12 nitrogen and oxygen atoms in total. The Morgan fingerprint density at radius 3 is 2.77 bits per heavy atom. The summed E-state index contributed by atoms with van der Waals surface area (Å²) in [5, 5.41) is 13.1. The minimum Gasteiger partial charge on any atom is -0.506 e. The normalized spacial score (nSPS) is 21.5. The molecule has 0 aliphatic carbocycles. The van der Waals surface area contributed by atoms with Crippen molar-refractivity contribution in [1.82, 2.24) is 19.0 Å². The van der Waals surface area contributed by atoms with Gasteiger partial charge in [0.2, 0.25) is 10.0 Å². The highest BCUT2D eigenvalue weighted by Crippen LogP contribution is 2.37. The summed E-state index contributed by atoms with van der Waals surface area (Å²) >= 11 is 0. The number of sulfonamides is 1. The van der Waals surface area contributed by atoms with Crippen LogP contribution in [0.25, 0.3) is 11.0 Å². The number of aromatic hydroxyl groups is 1. The number of benzene rings is 1. The summed E-state index contributed by atoms with van der Waals surface area (Å²) in [5.41, 5.74) is -1.00. The first kappa shape index (κ1) is 21.5. The minimum atomic E-state index is -4.34. The summed E-state index contributed by atoms with van der Waals surface area (Å²) in [6, 6.07) is 1.06. The lowest BCUT2D eigenvalue weighted by Gasteiger charge is -2.18. The monoisotopic (exact) mass is 474 g/mol. The highest BCUT2D eigenvalue weighted by molar-refractivity contribution is 7.92. The van der Waals surface area contributed by atoms with Crippen LogP contribution in [0.3, 0.4) is 0 Å². The van der Waals surface area contributed by atoms with Crippen LogP contribution in [0.1, 0.15) is 6.42 Å². The summed E-state index contributed by atoms with van der Waals surface area (Å²) in [4.78, 5) is 19.6. The van der Waals surface area contributed by atoms with Gasteiger partial charge in [0.05, 0.1) is 18.0 Å².